The lowest BCUT2D eigenvalue weighted by Gasteiger charge is -2.29. The summed E-state index contributed by atoms with van der Waals surface area (Å²) in [6.45, 7) is 2.36. The second kappa shape index (κ2) is 7.73. The normalized spacial score (nSPS) is 21.1. The Kier molecular flexibility index (Phi) is 6.13. The molecule has 0 fully saturated rings. The van der Waals surface area contributed by atoms with Crippen LogP contribution in [0.3, 0.4) is 0 Å². The molecule has 24 heavy (non-hydrogen) atoms. The van der Waals surface area contributed by atoms with Crippen molar-refractivity contribution in [1.29, 1.82) is 0 Å². The first kappa shape index (κ1) is 19.0. The van der Waals surface area contributed by atoms with E-state index in [4.69, 9.17) is 9.47 Å². The lowest BCUT2D eigenvalue weighted by molar-refractivity contribution is -0.141. The summed E-state index contributed by atoms with van der Waals surface area (Å²) >= 11 is 1.85. The zero-order chi connectivity index (χ0) is 17.9. The number of anilines is 1. The van der Waals surface area contributed by atoms with Crippen LogP contribution in [0.1, 0.15) is 12.6 Å². The summed E-state index contributed by atoms with van der Waals surface area (Å²) < 4.78 is 49.7. The molecule has 2 rings (SSSR count). The lowest BCUT2D eigenvalue weighted by Crippen LogP contribution is -2.30. The first-order valence-corrected chi connectivity index (χ1v) is 8.30. The van der Waals surface area contributed by atoms with Crippen LogP contribution in [0.15, 0.2) is 35.6 Å². The van der Waals surface area contributed by atoms with E-state index in [2.05, 4.69) is 10.3 Å². The van der Waals surface area contributed by atoms with Crippen LogP contribution >= 0.6 is 22.6 Å². The van der Waals surface area contributed by atoms with Crippen molar-refractivity contribution in [1.82, 2.24) is 4.98 Å². The van der Waals surface area contributed by atoms with Crippen molar-refractivity contribution in [2.45, 2.75) is 19.2 Å². The fourth-order valence-electron chi connectivity index (χ4n) is 2.53. The van der Waals surface area contributed by atoms with Crippen LogP contribution in [-0.4, -0.2) is 31.9 Å². The molecular weight excluding hydrogens is 436 g/mol. The Morgan fingerprint density at radius 2 is 1.96 bits per heavy atom. The molecule has 4 nitrogen and oxygen atoms in total. The molecule has 1 N–H and O–H groups in total. The predicted octanol–water partition coefficient (Wildman–Crippen LogP) is 4.24. The molecular formula is C16H18F3IN2O2. The van der Waals surface area contributed by atoms with E-state index in [0.717, 1.165) is 17.4 Å². The standard InChI is InChI=1S/C16H18F3IN2O2/c1-9-10(4-5-12(23-2)15(9)24-3)8-21-14-7-11(20)6-13(22-14)16(17,18)19/h4-7,9,15H,8H2,1-3H3,(H,21,22). The van der Waals surface area contributed by atoms with Crippen LogP contribution in [0.2, 0.25) is 0 Å². The largest absolute Gasteiger partial charge is 0.498 e. The Morgan fingerprint density at radius 3 is 2.54 bits per heavy atom. The van der Waals surface area contributed by atoms with Crippen LogP contribution in [0.5, 0.6) is 0 Å². The lowest BCUT2D eigenvalue weighted by atomic mass is 9.89. The maximum Gasteiger partial charge on any atom is 0.433 e. The highest BCUT2D eigenvalue weighted by Gasteiger charge is 2.33. The Morgan fingerprint density at radius 1 is 1.25 bits per heavy atom. The van der Waals surface area contributed by atoms with Crippen LogP contribution in [-0.2, 0) is 15.7 Å². The third-order valence-electron chi connectivity index (χ3n) is 3.82. The van der Waals surface area contributed by atoms with Crippen LogP contribution < -0.4 is 5.32 Å². The molecule has 0 spiro atoms. The summed E-state index contributed by atoms with van der Waals surface area (Å²) in [5, 5.41) is 2.97. The van der Waals surface area contributed by atoms with Gasteiger partial charge in [-0.3, -0.25) is 0 Å². The number of nitrogens with one attached hydrogen (secondary N) is 1. The second-order valence-electron chi connectivity index (χ2n) is 5.37. The average Bonchev–Trinajstić information content (AvgIpc) is 2.52. The summed E-state index contributed by atoms with van der Waals surface area (Å²) in [4.78, 5) is 3.65. The molecule has 0 aliphatic heterocycles. The molecule has 0 bridgehead atoms. The van der Waals surface area contributed by atoms with Crippen molar-refractivity contribution >= 4 is 28.4 Å². The number of halogens is 4. The number of allylic oxidation sites excluding steroid dienone is 2. The van der Waals surface area contributed by atoms with E-state index < -0.39 is 11.9 Å². The van der Waals surface area contributed by atoms with Gasteiger partial charge in [0.05, 0.1) is 7.11 Å². The first-order chi connectivity index (χ1) is 11.3. The fourth-order valence-corrected chi connectivity index (χ4v) is 3.12. The number of methoxy groups -OCH3 is 2. The quantitative estimate of drug-likeness (QED) is 0.677. The van der Waals surface area contributed by atoms with E-state index >= 15 is 0 Å². The summed E-state index contributed by atoms with van der Waals surface area (Å²) in [5.41, 5.74) is 0.0933. The number of hydrogen-bond donors (Lipinski definition) is 1. The molecule has 1 heterocycles. The average molecular weight is 454 g/mol. The summed E-state index contributed by atoms with van der Waals surface area (Å²) in [6.07, 6.45) is -0.975. The van der Waals surface area contributed by atoms with Gasteiger partial charge in [0.15, 0.2) is 0 Å². The number of rotatable bonds is 5. The van der Waals surface area contributed by atoms with E-state index in [0.29, 0.717) is 10.1 Å². The number of alkyl halides is 3. The molecule has 0 saturated heterocycles. The highest BCUT2D eigenvalue weighted by molar-refractivity contribution is 14.1. The summed E-state index contributed by atoms with van der Waals surface area (Å²) in [5.74, 6) is 0.950. The minimum Gasteiger partial charge on any atom is -0.498 e. The van der Waals surface area contributed by atoms with Crippen molar-refractivity contribution in [3.8, 4) is 0 Å². The van der Waals surface area contributed by atoms with Crippen molar-refractivity contribution in [3.05, 3.63) is 44.9 Å². The van der Waals surface area contributed by atoms with Gasteiger partial charge in [-0.2, -0.15) is 13.2 Å². The van der Waals surface area contributed by atoms with Gasteiger partial charge >= 0.3 is 6.18 Å². The molecule has 2 unspecified atom stereocenters. The third-order valence-corrected chi connectivity index (χ3v) is 4.45. The summed E-state index contributed by atoms with van der Waals surface area (Å²) in [6, 6.07) is 2.59. The monoisotopic (exact) mass is 454 g/mol. The Balaban J connectivity index is 2.15. The van der Waals surface area contributed by atoms with Gasteiger partial charge in [0.2, 0.25) is 0 Å². The van der Waals surface area contributed by atoms with E-state index in [1.807, 2.05) is 41.7 Å². The van der Waals surface area contributed by atoms with Gasteiger partial charge in [0.25, 0.3) is 0 Å². The Hall–Kier alpha value is -1.29. The first-order valence-electron chi connectivity index (χ1n) is 7.22. The highest BCUT2D eigenvalue weighted by atomic mass is 127. The predicted molar refractivity (Wildman–Crippen MR) is 93.6 cm³/mol. The number of pyridine rings is 1. The van der Waals surface area contributed by atoms with Crippen molar-refractivity contribution in [2.24, 2.45) is 5.92 Å². The molecule has 0 amide bonds. The Bertz CT molecular complexity index is 659. The molecule has 2 atom stereocenters. The van der Waals surface area contributed by atoms with Crippen LogP contribution in [0.4, 0.5) is 19.0 Å². The number of hydrogen-bond acceptors (Lipinski definition) is 4. The number of nitrogens with zero attached hydrogens (tertiary/aromatic N) is 1. The Labute approximate surface area is 152 Å². The van der Waals surface area contributed by atoms with E-state index in [-0.39, 0.29) is 17.8 Å². The molecule has 132 valence electrons. The molecule has 0 saturated carbocycles. The van der Waals surface area contributed by atoms with Crippen molar-refractivity contribution in [3.63, 3.8) is 0 Å². The van der Waals surface area contributed by atoms with Crippen LogP contribution in [0, 0.1) is 9.49 Å². The molecule has 1 aliphatic rings. The van der Waals surface area contributed by atoms with Crippen molar-refractivity contribution in [2.75, 3.05) is 26.1 Å². The zero-order valence-electron chi connectivity index (χ0n) is 13.4. The van der Waals surface area contributed by atoms with E-state index in [1.54, 1.807) is 20.3 Å². The van der Waals surface area contributed by atoms with E-state index in [9.17, 15) is 13.2 Å². The van der Waals surface area contributed by atoms with Crippen molar-refractivity contribution < 1.29 is 22.6 Å². The second-order valence-corrected chi connectivity index (χ2v) is 6.61. The summed E-state index contributed by atoms with van der Waals surface area (Å²) in [7, 11) is 3.18. The highest BCUT2D eigenvalue weighted by Crippen LogP contribution is 2.31. The molecule has 0 radical (unpaired) electrons. The molecule has 1 aromatic rings. The van der Waals surface area contributed by atoms with Gasteiger partial charge in [-0.1, -0.05) is 13.0 Å². The minimum absolute atomic E-state index is 0.0346. The zero-order valence-corrected chi connectivity index (χ0v) is 15.6. The maximum atomic E-state index is 12.8. The van der Waals surface area contributed by atoms with Crippen LogP contribution in [0.25, 0.3) is 0 Å². The van der Waals surface area contributed by atoms with E-state index in [1.165, 1.54) is 0 Å². The molecule has 1 aromatic heterocycles. The molecule has 1 aliphatic carbocycles. The SMILES string of the molecule is COC1=CC=C(CNc2cc(I)cc(C(F)(F)F)n2)C(C)C1OC. The number of aromatic nitrogens is 1. The van der Waals surface area contributed by atoms with Gasteiger partial charge in [-0.15, -0.1) is 0 Å². The van der Waals surface area contributed by atoms with Gasteiger partial charge in [-0.25, -0.2) is 4.98 Å². The fraction of sp³-hybridized carbons (Fsp3) is 0.438. The molecule has 0 aromatic carbocycles. The molecule has 8 heteroatoms. The van der Waals surface area contributed by atoms with Gasteiger partial charge in [-0.05, 0) is 46.4 Å². The van der Waals surface area contributed by atoms with Gasteiger partial charge < -0.3 is 14.8 Å². The topological polar surface area (TPSA) is 43.4 Å². The number of ether oxygens (including phenoxy) is 2. The smallest absolute Gasteiger partial charge is 0.433 e. The maximum absolute atomic E-state index is 12.8. The minimum atomic E-state index is -4.47. The van der Waals surface area contributed by atoms with Gasteiger partial charge in [0.1, 0.15) is 23.4 Å². The van der Waals surface area contributed by atoms with Gasteiger partial charge in [0, 0.05) is 23.1 Å². The third kappa shape index (κ3) is 4.41.